The molecule has 0 aliphatic carbocycles. The van der Waals surface area contributed by atoms with E-state index in [-0.39, 0.29) is 19.4 Å². The summed E-state index contributed by atoms with van der Waals surface area (Å²) in [5, 5.41) is 11.6. The van der Waals surface area contributed by atoms with Crippen LogP contribution in [0.3, 0.4) is 0 Å². The van der Waals surface area contributed by atoms with Crippen molar-refractivity contribution in [3.63, 3.8) is 0 Å². The molecule has 3 heterocycles. The third kappa shape index (κ3) is 4.49. The van der Waals surface area contributed by atoms with Crippen molar-refractivity contribution in [2.24, 2.45) is 0 Å². The highest BCUT2D eigenvalue weighted by Crippen LogP contribution is 2.38. The molecule has 1 fully saturated rings. The number of fused-ring (bicyclic) bond motifs is 2. The molecule has 0 saturated carbocycles. The standard InChI is InChI=1S/C26H27ClN2O4/c1-2-3-9-31-21-6-7-24-22(11-21)19(14-28-8-4-5-20(28)16-30)15-29(24)13-18-10-25-26(12-23(18)27)33-17-32-25/h6-7,10-12,15,20,30H,4-5,8-9,13-14,16-17H2,1H3/t20-/m0/s1. The molecule has 6 nitrogen and oxygen atoms in total. The number of halogens is 1. The summed E-state index contributed by atoms with van der Waals surface area (Å²) in [4.78, 5) is 2.36. The van der Waals surface area contributed by atoms with E-state index < -0.39 is 0 Å². The molecule has 2 aliphatic rings. The van der Waals surface area contributed by atoms with Gasteiger partial charge >= 0.3 is 0 Å². The van der Waals surface area contributed by atoms with Crippen molar-refractivity contribution in [1.82, 2.24) is 9.47 Å². The first-order chi connectivity index (χ1) is 16.2. The number of hydrogen-bond acceptors (Lipinski definition) is 5. The lowest BCUT2D eigenvalue weighted by Gasteiger charge is -2.22. The zero-order chi connectivity index (χ0) is 22.8. The molecule has 1 saturated heterocycles. The molecule has 33 heavy (non-hydrogen) atoms. The number of likely N-dealkylation sites (tertiary alicyclic amines) is 1. The number of benzene rings is 2. The molecular formula is C26H27ClN2O4. The first-order valence-corrected chi connectivity index (χ1v) is 11.6. The van der Waals surface area contributed by atoms with Gasteiger partial charge in [0.1, 0.15) is 12.4 Å². The largest absolute Gasteiger partial charge is 0.481 e. The molecule has 0 spiro atoms. The number of aliphatic hydroxyl groups is 1. The topological polar surface area (TPSA) is 56.1 Å². The highest BCUT2D eigenvalue weighted by atomic mass is 35.5. The maximum atomic E-state index is 9.78. The van der Waals surface area contributed by atoms with Gasteiger partial charge < -0.3 is 23.9 Å². The average Bonchev–Trinajstić information content (AvgIpc) is 3.54. The van der Waals surface area contributed by atoms with Crippen LogP contribution >= 0.6 is 11.6 Å². The predicted molar refractivity (Wildman–Crippen MR) is 128 cm³/mol. The quantitative estimate of drug-likeness (QED) is 0.522. The van der Waals surface area contributed by atoms with E-state index in [1.807, 2.05) is 18.2 Å². The number of ether oxygens (including phenoxy) is 3. The zero-order valence-corrected chi connectivity index (χ0v) is 19.4. The average molecular weight is 467 g/mol. The second-order valence-electron chi connectivity index (χ2n) is 8.42. The maximum absolute atomic E-state index is 9.78. The van der Waals surface area contributed by atoms with Crippen molar-refractivity contribution >= 4 is 22.5 Å². The zero-order valence-electron chi connectivity index (χ0n) is 18.6. The van der Waals surface area contributed by atoms with Crippen LogP contribution in [0.2, 0.25) is 5.02 Å². The summed E-state index contributed by atoms with van der Waals surface area (Å²) in [6.07, 6.45) is 4.33. The summed E-state index contributed by atoms with van der Waals surface area (Å²) in [6.45, 7) is 4.96. The number of aromatic nitrogens is 1. The Labute approximate surface area is 198 Å². The highest BCUT2D eigenvalue weighted by molar-refractivity contribution is 6.31. The fourth-order valence-corrected chi connectivity index (χ4v) is 4.89. The molecule has 1 atom stereocenters. The van der Waals surface area contributed by atoms with Gasteiger partial charge in [-0.2, -0.15) is 0 Å². The fraction of sp³-hybridized carbons (Fsp3) is 0.385. The summed E-state index contributed by atoms with van der Waals surface area (Å²) in [5.74, 6) is 8.01. The van der Waals surface area contributed by atoms with Gasteiger partial charge in [0.05, 0.1) is 6.61 Å². The molecule has 2 aliphatic heterocycles. The smallest absolute Gasteiger partial charge is 0.231 e. The monoisotopic (exact) mass is 466 g/mol. The third-order valence-corrected chi connectivity index (χ3v) is 6.74. The van der Waals surface area contributed by atoms with Crippen molar-refractivity contribution in [2.75, 3.05) is 26.6 Å². The maximum Gasteiger partial charge on any atom is 0.231 e. The summed E-state index contributed by atoms with van der Waals surface area (Å²) < 4.78 is 19.0. The van der Waals surface area contributed by atoms with Gasteiger partial charge in [0, 0.05) is 47.3 Å². The molecule has 2 aromatic carbocycles. The van der Waals surface area contributed by atoms with Crippen LogP contribution in [0.4, 0.5) is 0 Å². The van der Waals surface area contributed by atoms with Crippen LogP contribution in [0, 0.1) is 11.8 Å². The second-order valence-corrected chi connectivity index (χ2v) is 8.83. The van der Waals surface area contributed by atoms with Crippen LogP contribution in [-0.4, -0.2) is 47.2 Å². The first-order valence-electron chi connectivity index (χ1n) is 11.2. The van der Waals surface area contributed by atoms with Crippen molar-refractivity contribution in [3.05, 3.63) is 52.7 Å². The highest BCUT2D eigenvalue weighted by Gasteiger charge is 2.25. The molecule has 5 rings (SSSR count). The van der Waals surface area contributed by atoms with E-state index in [0.29, 0.717) is 23.9 Å². The molecule has 0 amide bonds. The lowest BCUT2D eigenvalue weighted by atomic mass is 10.1. The molecule has 172 valence electrons. The van der Waals surface area contributed by atoms with Gasteiger partial charge in [-0.1, -0.05) is 17.5 Å². The fourth-order valence-electron chi connectivity index (χ4n) is 4.68. The third-order valence-electron chi connectivity index (χ3n) is 6.39. The van der Waals surface area contributed by atoms with Crippen molar-refractivity contribution in [3.8, 4) is 29.1 Å². The molecular weight excluding hydrogens is 440 g/mol. The number of nitrogens with zero attached hydrogens (tertiary/aromatic N) is 2. The van der Waals surface area contributed by atoms with E-state index in [2.05, 4.69) is 39.6 Å². The van der Waals surface area contributed by atoms with E-state index >= 15 is 0 Å². The first kappa shape index (κ1) is 22.0. The van der Waals surface area contributed by atoms with Gasteiger partial charge in [-0.3, -0.25) is 4.90 Å². The Hall–Kier alpha value is -2.85. The Bertz CT molecular complexity index is 1230. The van der Waals surface area contributed by atoms with Crippen LogP contribution in [-0.2, 0) is 13.1 Å². The van der Waals surface area contributed by atoms with E-state index in [9.17, 15) is 5.11 Å². The molecule has 3 aromatic rings. The van der Waals surface area contributed by atoms with Crippen LogP contribution in [0.5, 0.6) is 17.2 Å². The van der Waals surface area contributed by atoms with E-state index in [1.54, 1.807) is 6.92 Å². The van der Waals surface area contributed by atoms with Gasteiger partial charge in [0.2, 0.25) is 6.79 Å². The number of hydrogen-bond donors (Lipinski definition) is 1. The normalized spacial score (nSPS) is 17.4. The second kappa shape index (κ2) is 9.56. The lowest BCUT2D eigenvalue weighted by molar-refractivity contribution is 0.154. The Kier molecular flexibility index (Phi) is 6.37. The van der Waals surface area contributed by atoms with Crippen molar-refractivity contribution < 1.29 is 19.3 Å². The van der Waals surface area contributed by atoms with Gasteiger partial charge in [-0.05, 0) is 61.7 Å². The van der Waals surface area contributed by atoms with Crippen molar-refractivity contribution in [2.45, 2.75) is 38.9 Å². The minimum atomic E-state index is 0.190. The summed E-state index contributed by atoms with van der Waals surface area (Å²) in [6, 6.07) is 10.1. The lowest BCUT2D eigenvalue weighted by Crippen LogP contribution is -2.31. The Morgan fingerprint density at radius 3 is 2.82 bits per heavy atom. The van der Waals surface area contributed by atoms with Gasteiger partial charge in [0.25, 0.3) is 0 Å². The van der Waals surface area contributed by atoms with Gasteiger partial charge in [0.15, 0.2) is 11.5 Å². The Morgan fingerprint density at radius 2 is 2.00 bits per heavy atom. The van der Waals surface area contributed by atoms with Gasteiger partial charge in [-0.15, -0.1) is 5.92 Å². The van der Waals surface area contributed by atoms with Crippen LogP contribution < -0.4 is 14.2 Å². The van der Waals surface area contributed by atoms with Crippen LogP contribution in [0.25, 0.3) is 10.9 Å². The number of aliphatic hydroxyl groups excluding tert-OH is 1. The molecule has 0 unspecified atom stereocenters. The SMILES string of the molecule is CC#CCOc1ccc2c(c1)c(CN1CCC[C@H]1CO)cn2Cc1cc2c(cc1Cl)OCO2. The Balaban J connectivity index is 1.50. The van der Waals surface area contributed by atoms with E-state index in [1.165, 1.54) is 5.56 Å². The van der Waals surface area contributed by atoms with E-state index in [4.69, 9.17) is 25.8 Å². The minimum absolute atomic E-state index is 0.190. The summed E-state index contributed by atoms with van der Waals surface area (Å²) in [5.41, 5.74) is 3.28. The minimum Gasteiger partial charge on any atom is -0.481 e. The predicted octanol–water partition coefficient (Wildman–Crippen LogP) is 4.43. The van der Waals surface area contributed by atoms with Gasteiger partial charge in [-0.25, -0.2) is 0 Å². The molecule has 0 bridgehead atoms. The Morgan fingerprint density at radius 1 is 1.15 bits per heavy atom. The van der Waals surface area contributed by atoms with E-state index in [0.717, 1.165) is 53.9 Å². The molecule has 1 aromatic heterocycles. The van der Waals surface area contributed by atoms with Crippen LogP contribution in [0.15, 0.2) is 36.5 Å². The number of rotatable bonds is 7. The summed E-state index contributed by atoms with van der Waals surface area (Å²) in [7, 11) is 0. The van der Waals surface area contributed by atoms with Crippen molar-refractivity contribution in [1.29, 1.82) is 0 Å². The molecule has 1 N–H and O–H groups in total. The molecule has 7 heteroatoms. The van der Waals surface area contributed by atoms with Crippen LogP contribution in [0.1, 0.15) is 30.9 Å². The summed E-state index contributed by atoms with van der Waals surface area (Å²) >= 11 is 6.57. The molecule has 0 radical (unpaired) electrons.